The van der Waals surface area contributed by atoms with E-state index in [0.717, 1.165) is 50.6 Å². The van der Waals surface area contributed by atoms with Gasteiger partial charge in [-0.25, -0.2) is 9.10 Å². The molecular formula is C20H25F3N2O5S. The van der Waals surface area contributed by atoms with E-state index in [2.05, 4.69) is 4.31 Å². The van der Waals surface area contributed by atoms with Gasteiger partial charge in [0.1, 0.15) is 0 Å². The molecule has 1 aromatic carbocycles. The topological polar surface area (TPSA) is 87.1 Å². The van der Waals surface area contributed by atoms with Crippen LogP contribution in [-0.4, -0.2) is 71.8 Å². The summed E-state index contributed by atoms with van der Waals surface area (Å²) in [5.41, 5.74) is 1.47. The molecule has 7 nitrogen and oxygen atoms in total. The summed E-state index contributed by atoms with van der Waals surface area (Å²) in [5, 5.41) is 7.12. The number of aliphatic carboxylic acids is 1. The molecule has 2 aliphatic rings. The van der Waals surface area contributed by atoms with Crippen molar-refractivity contribution in [1.29, 1.82) is 0 Å². The van der Waals surface area contributed by atoms with Gasteiger partial charge in [0.2, 0.25) is 5.91 Å². The predicted molar refractivity (Wildman–Crippen MR) is 110 cm³/mol. The van der Waals surface area contributed by atoms with Crippen LogP contribution in [0.1, 0.15) is 36.0 Å². The number of hydrogen-bond acceptors (Lipinski definition) is 6. The van der Waals surface area contributed by atoms with Crippen LogP contribution in [0.15, 0.2) is 24.3 Å². The van der Waals surface area contributed by atoms with E-state index in [4.69, 9.17) is 14.6 Å². The average molecular weight is 462 g/mol. The van der Waals surface area contributed by atoms with E-state index in [1.165, 1.54) is 0 Å². The molecule has 0 atom stereocenters. The number of fused-ring (bicyclic) bond motifs is 1. The highest BCUT2D eigenvalue weighted by Gasteiger charge is 2.38. The van der Waals surface area contributed by atoms with Crippen LogP contribution in [0.5, 0.6) is 0 Å². The van der Waals surface area contributed by atoms with Gasteiger partial charge < -0.3 is 14.7 Å². The molecule has 1 fully saturated rings. The Bertz CT molecular complexity index is 769. The molecule has 11 heteroatoms. The van der Waals surface area contributed by atoms with Crippen molar-refractivity contribution in [3.63, 3.8) is 0 Å². The van der Waals surface area contributed by atoms with Gasteiger partial charge >= 0.3 is 12.1 Å². The van der Waals surface area contributed by atoms with Gasteiger partial charge in [0.25, 0.3) is 0 Å². The van der Waals surface area contributed by atoms with Gasteiger partial charge in [-0.2, -0.15) is 13.2 Å². The largest absolute Gasteiger partial charge is 0.490 e. The van der Waals surface area contributed by atoms with E-state index in [-0.39, 0.29) is 11.7 Å². The minimum absolute atomic E-state index is 0.0640. The molecule has 1 amide bonds. The van der Waals surface area contributed by atoms with E-state index in [1.54, 1.807) is 4.90 Å². The Morgan fingerprint density at radius 3 is 2.39 bits per heavy atom. The molecule has 2 heterocycles. The Hall–Kier alpha value is -2.11. The summed E-state index contributed by atoms with van der Waals surface area (Å²) in [4.78, 5) is 35.2. The molecule has 0 unspecified atom stereocenters. The second-order valence-electron chi connectivity index (χ2n) is 6.87. The third-order valence-corrected chi connectivity index (χ3v) is 5.83. The zero-order valence-corrected chi connectivity index (χ0v) is 17.7. The van der Waals surface area contributed by atoms with E-state index in [1.807, 2.05) is 36.2 Å². The molecule has 31 heavy (non-hydrogen) atoms. The van der Waals surface area contributed by atoms with Crippen LogP contribution >= 0.6 is 11.9 Å². The third kappa shape index (κ3) is 8.15. The van der Waals surface area contributed by atoms with Crippen LogP contribution in [0.4, 0.5) is 18.9 Å². The number of morpholine rings is 1. The van der Waals surface area contributed by atoms with Crippen molar-refractivity contribution in [2.24, 2.45) is 0 Å². The van der Waals surface area contributed by atoms with Crippen molar-refractivity contribution < 1.29 is 37.4 Å². The minimum Gasteiger partial charge on any atom is -0.475 e. The summed E-state index contributed by atoms with van der Waals surface area (Å²) in [6.07, 6.45) is -2.44. The van der Waals surface area contributed by atoms with Gasteiger partial charge in [-0.15, -0.1) is 0 Å². The number of Topliss-reactive ketones (excluding diaryl/α,β-unsaturated/α-hetero) is 1. The highest BCUT2D eigenvalue weighted by molar-refractivity contribution is 7.97. The average Bonchev–Trinajstić information content (AvgIpc) is 2.86. The molecule has 0 spiro atoms. The monoisotopic (exact) mass is 462 g/mol. The van der Waals surface area contributed by atoms with E-state index >= 15 is 0 Å². The normalized spacial score (nSPS) is 17.5. The second kappa shape index (κ2) is 12.1. The van der Waals surface area contributed by atoms with Gasteiger partial charge in [0.05, 0.1) is 18.9 Å². The molecule has 0 aromatic heterocycles. The molecule has 0 bridgehead atoms. The third-order valence-electron chi connectivity index (χ3n) is 4.62. The van der Waals surface area contributed by atoms with Crippen molar-refractivity contribution >= 4 is 35.3 Å². The summed E-state index contributed by atoms with van der Waals surface area (Å²) < 4.78 is 39.4. The molecule has 3 rings (SSSR count). The zero-order chi connectivity index (χ0) is 22.9. The van der Waals surface area contributed by atoms with Crippen LogP contribution in [-0.2, 0) is 14.3 Å². The number of amides is 1. The first-order chi connectivity index (χ1) is 14.7. The van der Waals surface area contributed by atoms with Crippen LogP contribution < -0.4 is 4.90 Å². The standard InChI is InChI=1S/C18H24N2O3S.C2HF3O2/c21-17-7-8-18(22)20(16-6-2-1-5-15(16)17)9-3-4-14-24-19-10-12-23-13-11-19;3-2(4,5)1(6)7/h1-2,5-6H,3-4,7-14H2;(H,6,7). The number of carboxylic acids is 1. The first kappa shape index (κ1) is 25.2. The van der Waals surface area contributed by atoms with Crippen molar-refractivity contribution in [2.75, 3.05) is 43.5 Å². The number of halogens is 3. The van der Waals surface area contributed by atoms with Crippen LogP contribution in [0.3, 0.4) is 0 Å². The summed E-state index contributed by atoms with van der Waals surface area (Å²) in [6, 6.07) is 7.48. The molecule has 0 saturated carbocycles. The molecule has 0 aliphatic carbocycles. The maximum Gasteiger partial charge on any atom is 0.490 e. The number of carbonyl (C=O) groups excluding carboxylic acids is 2. The van der Waals surface area contributed by atoms with E-state index < -0.39 is 12.1 Å². The fourth-order valence-corrected chi connectivity index (χ4v) is 4.05. The number of rotatable bonds is 6. The van der Waals surface area contributed by atoms with Gasteiger partial charge in [0.15, 0.2) is 5.78 Å². The Kier molecular flexibility index (Phi) is 9.79. The van der Waals surface area contributed by atoms with E-state index in [0.29, 0.717) is 24.9 Å². The number of unbranched alkanes of at least 4 members (excludes halogenated alkanes) is 1. The predicted octanol–water partition coefficient (Wildman–Crippen LogP) is 3.39. The highest BCUT2D eigenvalue weighted by Crippen LogP contribution is 2.27. The fourth-order valence-electron chi connectivity index (χ4n) is 3.06. The van der Waals surface area contributed by atoms with Crippen molar-refractivity contribution in [3.05, 3.63) is 29.8 Å². The Balaban J connectivity index is 0.000000423. The molecule has 1 N–H and O–H groups in total. The Morgan fingerprint density at radius 2 is 1.74 bits per heavy atom. The first-order valence-electron chi connectivity index (χ1n) is 9.88. The van der Waals surface area contributed by atoms with Crippen molar-refractivity contribution in [3.8, 4) is 0 Å². The first-order valence-corrected chi connectivity index (χ1v) is 10.8. The number of para-hydroxylation sites is 1. The fraction of sp³-hybridized carbons (Fsp3) is 0.550. The lowest BCUT2D eigenvalue weighted by Gasteiger charge is -2.25. The minimum atomic E-state index is -5.08. The summed E-state index contributed by atoms with van der Waals surface area (Å²) in [6.45, 7) is 4.31. The Labute approximate surface area is 182 Å². The number of benzene rings is 1. The second-order valence-corrected chi connectivity index (χ2v) is 8.05. The summed E-state index contributed by atoms with van der Waals surface area (Å²) >= 11 is 1.87. The molecule has 2 aliphatic heterocycles. The number of carbonyl (C=O) groups is 3. The highest BCUT2D eigenvalue weighted by atomic mass is 32.2. The lowest BCUT2D eigenvalue weighted by atomic mass is 10.1. The number of ketones is 1. The number of ether oxygens (including phenoxy) is 1. The lowest BCUT2D eigenvalue weighted by Crippen LogP contribution is -2.32. The van der Waals surface area contributed by atoms with Crippen molar-refractivity contribution in [1.82, 2.24) is 4.31 Å². The lowest BCUT2D eigenvalue weighted by molar-refractivity contribution is -0.192. The van der Waals surface area contributed by atoms with Gasteiger partial charge in [-0.1, -0.05) is 24.1 Å². The van der Waals surface area contributed by atoms with Gasteiger partial charge in [0, 0.05) is 43.8 Å². The number of carboxylic acid groups (broad SMARTS) is 1. The number of nitrogens with zero attached hydrogens (tertiary/aromatic N) is 2. The summed E-state index contributed by atoms with van der Waals surface area (Å²) in [7, 11) is 0. The molecule has 1 aromatic rings. The van der Waals surface area contributed by atoms with Gasteiger partial charge in [-0.3, -0.25) is 9.59 Å². The van der Waals surface area contributed by atoms with Gasteiger partial charge in [-0.05, 0) is 25.0 Å². The number of hydrogen-bond donors (Lipinski definition) is 1. The molecule has 0 radical (unpaired) electrons. The van der Waals surface area contributed by atoms with Crippen LogP contribution in [0, 0.1) is 0 Å². The maximum atomic E-state index is 12.4. The summed E-state index contributed by atoms with van der Waals surface area (Å²) in [5.74, 6) is -1.56. The van der Waals surface area contributed by atoms with Crippen LogP contribution in [0.25, 0.3) is 0 Å². The zero-order valence-electron chi connectivity index (χ0n) is 16.9. The van der Waals surface area contributed by atoms with Crippen molar-refractivity contribution in [2.45, 2.75) is 31.9 Å². The Morgan fingerprint density at radius 1 is 1.10 bits per heavy atom. The molecular weight excluding hydrogens is 437 g/mol. The number of alkyl halides is 3. The maximum absolute atomic E-state index is 12.4. The molecule has 1 saturated heterocycles. The number of anilines is 1. The smallest absolute Gasteiger partial charge is 0.475 e. The quantitative estimate of drug-likeness (QED) is 0.512. The SMILES string of the molecule is O=C(O)C(F)(F)F.O=C1CCC(=O)N(CCCCSN2CCOCC2)c2ccccc21. The van der Waals surface area contributed by atoms with E-state index in [9.17, 15) is 22.8 Å². The van der Waals surface area contributed by atoms with Crippen LogP contribution in [0.2, 0.25) is 0 Å². The molecule has 172 valence electrons.